The minimum atomic E-state index is -5.01. The predicted molar refractivity (Wildman–Crippen MR) is 105 cm³/mol. The maximum absolute atomic E-state index is 13.8. The number of anilines is 2. The standard InChI is InChI=1S/C20H10F7N5O2/c21-11-3-6-16-30-18(20(25,26)27)17(31(16)9-11)14-7-13(32(33)34)8-15(29-14)28-12-4-1-10(2-5-12)19(22,23)24/h1-9H,(H,28,29). The molecule has 0 aliphatic rings. The first kappa shape index (κ1) is 22.9. The number of aromatic nitrogens is 3. The van der Waals surface area contributed by atoms with Crippen LogP contribution in [0.5, 0.6) is 0 Å². The summed E-state index contributed by atoms with van der Waals surface area (Å²) in [5.74, 6) is -1.23. The number of hydrogen-bond donors (Lipinski definition) is 1. The van der Waals surface area contributed by atoms with Crippen LogP contribution in [-0.4, -0.2) is 19.3 Å². The summed E-state index contributed by atoms with van der Waals surface area (Å²) in [5, 5.41) is 13.9. The number of halogens is 7. The molecular formula is C20H10F7N5O2. The van der Waals surface area contributed by atoms with Gasteiger partial charge in [-0.1, -0.05) is 0 Å². The van der Waals surface area contributed by atoms with Crippen molar-refractivity contribution in [1.29, 1.82) is 0 Å². The topological polar surface area (TPSA) is 85.4 Å². The van der Waals surface area contributed by atoms with Gasteiger partial charge in [-0.25, -0.2) is 14.4 Å². The average Bonchev–Trinajstić information content (AvgIpc) is 3.12. The smallest absolute Gasteiger partial charge is 0.340 e. The van der Waals surface area contributed by atoms with E-state index < -0.39 is 51.4 Å². The minimum absolute atomic E-state index is 0.0344. The van der Waals surface area contributed by atoms with Crippen LogP contribution in [-0.2, 0) is 12.4 Å². The van der Waals surface area contributed by atoms with Gasteiger partial charge >= 0.3 is 12.4 Å². The quantitative estimate of drug-likeness (QED) is 0.211. The second kappa shape index (κ2) is 7.97. The number of rotatable bonds is 4. The van der Waals surface area contributed by atoms with E-state index in [1.165, 1.54) is 0 Å². The summed E-state index contributed by atoms with van der Waals surface area (Å²) in [6, 6.07) is 7.06. The van der Waals surface area contributed by atoms with E-state index in [2.05, 4.69) is 15.3 Å². The fourth-order valence-electron chi connectivity index (χ4n) is 3.16. The Balaban J connectivity index is 1.86. The van der Waals surface area contributed by atoms with Gasteiger partial charge in [0.2, 0.25) is 0 Å². The van der Waals surface area contributed by atoms with Crippen LogP contribution in [0.1, 0.15) is 11.3 Å². The van der Waals surface area contributed by atoms with E-state index in [-0.39, 0.29) is 17.2 Å². The molecule has 0 radical (unpaired) electrons. The third kappa shape index (κ3) is 4.46. The molecule has 1 aromatic carbocycles. The number of hydrogen-bond acceptors (Lipinski definition) is 5. The number of pyridine rings is 2. The fraction of sp³-hybridized carbons (Fsp3) is 0.100. The highest BCUT2D eigenvalue weighted by molar-refractivity contribution is 5.70. The summed E-state index contributed by atoms with van der Waals surface area (Å²) in [6.07, 6.45) is -8.89. The van der Waals surface area contributed by atoms with Gasteiger partial charge in [0, 0.05) is 18.0 Å². The number of alkyl halides is 6. The maximum Gasteiger partial charge on any atom is 0.435 e. The van der Waals surface area contributed by atoms with Gasteiger partial charge in [0.15, 0.2) is 5.69 Å². The lowest BCUT2D eigenvalue weighted by molar-refractivity contribution is -0.384. The van der Waals surface area contributed by atoms with Crippen molar-refractivity contribution in [3.63, 3.8) is 0 Å². The van der Waals surface area contributed by atoms with Gasteiger partial charge in [-0.3, -0.25) is 14.5 Å². The highest BCUT2D eigenvalue weighted by Crippen LogP contribution is 2.38. The second-order valence-corrected chi connectivity index (χ2v) is 6.94. The zero-order valence-corrected chi connectivity index (χ0v) is 16.4. The summed E-state index contributed by atoms with van der Waals surface area (Å²) in [4.78, 5) is 17.9. The molecule has 0 spiro atoms. The number of nitro groups is 1. The third-order valence-corrected chi connectivity index (χ3v) is 4.60. The van der Waals surface area contributed by atoms with Crippen LogP contribution in [0, 0.1) is 15.9 Å². The molecule has 0 fully saturated rings. The summed E-state index contributed by atoms with van der Waals surface area (Å²) in [6.45, 7) is 0. The monoisotopic (exact) mass is 485 g/mol. The predicted octanol–water partition coefficient (Wildman–Crippen LogP) is 6.22. The van der Waals surface area contributed by atoms with E-state index in [9.17, 15) is 40.8 Å². The van der Waals surface area contributed by atoms with Gasteiger partial charge in [0.25, 0.3) is 5.69 Å². The lowest BCUT2D eigenvalue weighted by Gasteiger charge is -2.11. The molecular weight excluding hydrogens is 475 g/mol. The van der Waals surface area contributed by atoms with Crippen molar-refractivity contribution in [3.8, 4) is 11.4 Å². The average molecular weight is 485 g/mol. The van der Waals surface area contributed by atoms with Crippen molar-refractivity contribution in [3.05, 3.63) is 81.9 Å². The molecule has 1 N–H and O–H groups in total. The molecule has 4 aromatic rings. The summed E-state index contributed by atoms with van der Waals surface area (Å²) >= 11 is 0. The third-order valence-electron chi connectivity index (χ3n) is 4.60. The van der Waals surface area contributed by atoms with E-state index in [1.54, 1.807) is 0 Å². The van der Waals surface area contributed by atoms with E-state index in [0.717, 1.165) is 59.1 Å². The van der Waals surface area contributed by atoms with E-state index in [4.69, 9.17) is 0 Å². The van der Waals surface area contributed by atoms with Crippen LogP contribution in [0.25, 0.3) is 17.0 Å². The Morgan fingerprint density at radius 2 is 1.59 bits per heavy atom. The van der Waals surface area contributed by atoms with E-state index in [1.807, 2.05) is 0 Å². The Labute approximate surface area is 184 Å². The van der Waals surface area contributed by atoms with E-state index >= 15 is 0 Å². The Morgan fingerprint density at radius 1 is 0.912 bits per heavy atom. The van der Waals surface area contributed by atoms with Gasteiger partial charge in [-0.05, 0) is 36.4 Å². The number of fused-ring (bicyclic) bond motifs is 1. The first-order valence-corrected chi connectivity index (χ1v) is 9.19. The number of nitrogens with zero attached hydrogens (tertiary/aromatic N) is 4. The van der Waals surface area contributed by atoms with Crippen molar-refractivity contribution in [2.24, 2.45) is 0 Å². The summed E-state index contributed by atoms with van der Waals surface area (Å²) in [5.41, 5.74) is -4.63. The molecule has 0 saturated heterocycles. The van der Waals surface area contributed by atoms with Crippen molar-refractivity contribution >= 4 is 22.8 Å². The number of nitrogens with one attached hydrogen (secondary N) is 1. The van der Waals surface area contributed by atoms with Crippen molar-refractivity contribution in [2.45, 2.75) is 12.4 Å². The van der Waals surface area contributed by atoms with Crippen LogP contribution in [0.3, 0.4) is 0 Å². The molecule has 0 aliphatic carbocycles. The number of benzene rings is 1. The Kier molecular flexibility index (Phi) is 5.38. The van der Waals surface area contributed by atoms with Gasteiger partial charge in [0.05, 0.1) is 22.2 Å². The lowest BCUT2D eigenvalue weighted by Crippen LogP contribution is -2.09. The molecule has 176 valence electrons. The van der Waals surface area contributed by atoms with Gasteiger partial charge in [-0.2, -0.15) is 26.3 Å². The zero-order chi connectivity index (χ0) is 24.8. The van der Waals surface area contributed by atoms with E-state index in [0.29, 0.717) is 0 Å². The van der Waals surface area contributed by atoms with Crippen molar-refractivity contribution < 1.29 is 35.7 Å². The molecule has 4 rings (SSSR count). The summed E-state index contributed by atoms with van der Waals surface area (Å²) < 4.78 is 93.8. The highest BCUT2D eigenvalue weighted by Gasteiger charge is 2.39. The fourth-order valence-corrected chi connectivity index (χ4v) is 3.16. The molecule has 0 bridgehead atoms. The summed E-state index contributed by atoms with van der Waals surface area (Å²) in [7, 11) is 0. The van der Waals surface area contributed by atoms with Crippen LogP contribution in [0.4, 0.5) is 47.9 Å². The van der Waals surface area contributed by atoms with Gasteiger partial charge < -0.3 is 5.32 Å². The molecule has 14 heteroatoms. The van der Waals surface area contributed by atoms with Crippen LogP contribution < -0.4 is 5.32 Å². The molecule has 0 atom stereocenters. The first-order chi connectivity index (χ1) is 15.8. The molecule has 34 heavy (non-hydrogen) atoms. The molecule has 0 unspecified atom stereocenters. The Hall–Kier alpha value is -4.23. The molecule has 7 nitrogen and oxygen atoms in total. The lowest BCUT2D eigenvalue weighted by atomic mass is 10.2. The van der Waals surface area contributed by atoms with Crippen LogP contribution in [0.2, 0.25) is 0 Å². The van der Waals surface area contributed by atoms with Crippen molar-refractivity contribution in [2.75, 3.05) is 5.32 Å². The molecule has 0 aliphatic heterocycles. The van der Waals surface area contributed by atoms with Crippen LogP contribution in [0.15, 0.2) is 54.7 Å². The second-order valence-electron chi connectivity index (χ2n) is 6.94. The highest BCUT2D eigenvalue weighted by atomic mass is 19.4. The number of imidazole rings is 1. The normalized spacial score (nSPS) is 12.2. The van der Waals surface area contributed by atoms with Crippen molar-refractivity contribution in [1.82, 2.24) is 14.4 Å². The van der Waals surface area contributed by atoms with Crippen LogP contribution >= 0.6 is 0 Å². The molecule has 0 amide bonds. The first-order valence-electron chi connectivity index (χ1n) is 9.19. The molecule has 0 saturated carbocycles. The zero-order valence-electron chi connectivity index (χ0n) is 16.4. The van der Waals surface area contributed by atoms with Gasteiger partial charge in [0.1, 0.15) is 23.0 Å². The van der Waals surface area contributed by atoms with Gasteiger partial charge in [-0.15, -0.1) is 0 Å². The Morgan fingerprint density at radius 3 is 2.18 bits per heavy atom. The Bertz CT molecular complexity index is 1400. The molecule has 3 aromatic heterocycles. The SMILES string of the molecule is O=[N+]([O-])c1cc(Nc2ccc(C(F)(F)F)cc2)nc(-c2c(C(F)(F)F)nc3ccc(F)cn23)c1. The molecule has 3 heterocycles. The minimum Gasteiger partial charge on any atom is -0.340 e. The maximum atomic E-state index is 13.8. The largest absolute Gasteiger partial charge is 0.435 e.